The third kappa shape index (κ3) is 8.58. The van der Waals surface area contributed by atoms with Crippen molar-refractivity contribution in [1.82, 2.24) is 0 Å². The fraction of sp³-hybridized carbons (Fsp3) is 0.364. The Kier molecular flexibility index (Phi) is 8.85. The number of carbonyl (C=O) groups excluding carboxylic acids is 2. The second-order valence-corrected chi connectivity index (χ2v) is 6.50. The van der Waals surface area contributed by atoms with Crippen molar-refractivity contribution in [2.45, 2.75) is 38.5 Å². The second kappa shape index (κ2) is 11.6. The Morgan fingerprint density at radius 2 is 0.964 bits per heavy atom. The first-order valence-electron chi connectivity index (χ1n) is 9.36. The summed E-state index contributed by atoms with van der Waals surface area (Å²) in [6, 6.07) is 14.0. The number of carbonyl (C=O) groups is 2. The summed E-state index contributed by atoms with van der Waals surface area (Å²) < 4.78 is 11.3. The molecular formula is C22H24O6-2. The molecule has 0 fully saturated rings. The quantitative estimate of drug-likeness (QED) is 0.483. The SMILES string of the molecule is O=C([O-])Cc1ccc(OCCCCCCOc2ccc(CC(=O)[O-])cc2)cc1. The Balaban J connectivity index is 1.51. The highest BCUT2D eigenvalue weighted by atomic mass is 16.5. The van der Waals surface area contributed by atoms with Crippen LogP contribution in [0.2, 0.25) is 0 Å². The van der Waals surface area contributed by atoms with Gasteiger partial charge in [-0.2, -0.15) is 0 Å². The van der Waals surface area contributed by atoms with E-state index in [9.17, 15) is 19.8 Å². The minimum atomic E-state index is -1.09. The molecule has 2 aromatic carbocycles. The molecule has 2 aromatic rings. The molecule has 0 aromatic heterocycles. The number of benzene rings is 2. The Labute approximate surface area is 164 Å². The van der Waals surface area contributed by atoms with Crippen LogP contribution in [-0.2, 0) is 22.4 Å². The van der Waals surface area contributed by atoms with Crippen molar-refractivity contribution in [3.63, 3.8) is 0 Å². The topological polar surface area (TPSA) is 98.7 Å². The molecule has 0 aliphatic rings. The lowest BCUT2D eigenvalue weighted by Crippen LogP contribution is -2.24. The monoisotopic (exact) mass is 384 g/mol. The van der Waals surface area contributed by atoms with Crippen LogP contribution in [0.1, 0.15) is 36.8 Å². The Morgan fingerprint density at radius 3 is 1.29 bits per heavy atom. The Morgan fingerprint density at radius 1 is 0.607 bits per heavy atom. The lowest BCUT2D eigenvalue weighted by molar-refractivity contribution is -0.306. The van der Waals surface area contributed by atoms with E-state index in [0.717, 1.165) is 37.2 Å². The molecule has 0 unspecified atom stereocenters. The van der Waals surface area contributed by atoms with E-state index in [1.807, 2.05) is 0 Å². The summed E-state index contributed by atoms with van der Waals surface area (Å²) in [5.41, 5.74) is 1.39. The van der Waals surface area contributed by atoms with Gasteiger partial charge in [-0.25, -0.2) is 0 Å². The summed E-state index contributed by atoms with van der Waals surface area (Å²) in [5.74, 6) is -0.726. The van der Waals surface area contributed by atoms with Gasteiger partial charge in [-0.05, 0) is 61.1 Å². The molecule has 2 rings (SSSR count). The lowest BCUT2D eigenvalue weighted by atomic mass is 10.1. The highest BCUT2D eigenvalue weighted by Crippen LogP contribution is 2.15. The third-order valence-electron chi connectivity index (χ3n) is 4.12. The molecular weight excluding hydrogens is 360 g/mol. The van der Waals surface area contributed by atoms with Crippen molar-refractivity contribution >= 4 is 11.9 Å². The number of ether oxygens (including phenoxy) is 2. The summed E-state index contributed by atoms with van der Waals surface area (Å²) in [6.45, 7) is 1.22. The molecule has 0 spiro atoms. The fourth-order valence-electron chi connectivity index (χ4n) is 2.68. The second-order valence-electron chi connectivity index (χ2n) is 6.50. The first kappa shape index (κ1) is 21.3. The van der Waals surface area contributed by atoms with Gasteiger partial charge < -0.3 is 29.3 Å². The zero-order valence-corrected chi connectivity index (χ0v) is 15.7. The minimum Gasteiger partial charge on any atom is -0.550 e. The van der Waals surface area contributed by atoms with Crippen LogP contribution < -0.4 is 19.7 Å². The third-order valence-corrected chi connectivity index (χ3v) is 4.12. The van der Waals surface area contributed by atoms with Crippen LogP contribution in [0.5, 0.6) is 11.5 Å². The van der Waals surface area contributed by atoms with Crippen molar-refractivity contribution in [2.24, 2.45) is 0 Å². The van der Waals surface area contributed by atoms with Gasteiger partial charge in [0.1, 0.15) is 11.5 Å². The van der Waals surface area contributed by atoms with Crippen molar-refractivity contribution in [3.8, 4) is 11.5 Å². The van der Waals surface area contributed by atoms with Gasteiger partial charge >= 0.3 is 0 Å². The maximum atomic E-state index is 10.5. The molecule has 28 heavy (non-hydrogen) atoms. The summed E-state index contributed by atoms with van der Waals surface area (Å²) in [5, 5.41) is 21.1. The van der Waals surface area contributed by atoms with Gasteiger partial charge in [-0.3, -0.25) is 0 Å². The zero-order chi connectivity index (χ0) is 20.2. The molecule has 6 nitrogen and oxygen atoms in total. The molecule has 6 heteroatoms. The van der Waals surface area contributed by atoms with Crippen LogP contribution >= 0.6 is 0 Å². The van der Waals surface area contributed by atoms with E-state index < -0.39 is 11.9 Å². The van der Waals surface area contributed by atoms with Crippen molar-refractivity contribution in [3.05, 3.63) is 59.7 Å². The Hall–Kier alpha value is -3.02. The minimum absolute atomic E-state index is 0.0910. The lowest BCUT2D eigenvalue weighted by Gasteiger charge is -2.09. The zero-order valence-electron chi connectivity index (χ0n) is 15.7. The van der Waals surface area contributed by atoms with E-state index in [4.69, 9.17) is 9.47 Å². The number of hydrogen-bond donors (Lipinski definition) is 0. The van der Waals surface area contributed by atoms with Crippen LogP contribution in [0.4, 0.5) is 0 Å². The van der Waals surface area contributed by atoms with Gasteiger partial charge in [0.05, 0.1) is 13.2 Å². The number of carboxylic acid groups (broad SMARTS) is 2. The highest BCUT2D eigenvalue weighted by Gasteiger charge is 1.99. The van der Waals surface area contributed by atoms with Gasteiger partial charge in [0.15, 0.2) is 0 Å². The molecule has 0 bridgehead atoms. The highest BCUT2D eigenvalue weighted by molar-refractivity contribution is 5.68. The summed E-state index contributed by atoms with van der Waals surface area (Å²) in [4.78, 5) is 21.1. The first-order valence-corrected chi connectivity index (χ1v) is 9.36. The average molecular weight is 384 g/mol. The fourth-order valence-corrected chi connectivity index (χ4v) is 2.68. The number of hydrogen-bond acceptors (Lipinski definition) is 6. The maximum absolute atomic E-state index is 10.5. The summed E-state index contributed by atoms with van der Waals surface area (Å²) in [6.07, 6.45) is 3.73. The summed E-state index contributed by atoms with van der Waals surface area (Å²) in [7, 11) is 0. The molecule has 150 valence electrons. The van der Waals surface area contributed by atoms with Gasteiger partial charge in [-0.15, -0.1) is 0 Å². The molecule has 0 aliphatic heterocycles. The normalized spacial score (nSPS) is 10.4. The molecule has 0 N–H and O–H groups in total. The van der Waals surface area contributed by atoms with Crippen LogP contribution in [0.3, 0.4) is 0 Å². The van der Waals surface area contributed by atoms with Gasteiger partial charge in [0.2, 0.25) is 0 Å². The standard InChI is InChI=1S/C22H26O6/c23-21(24)15-17-5-9-19(10-6-17)27-13-3-1-2-4-14-28-20-11-7-18(8-12-20)16-22(25)26/h5-12H,1-4,13-16H2,(H,23,24)(H,25,26)/p-2. The number of rotatable bonds is 13. The number of aliphatic carboxylic acids is 2. The molecule has 0 atom stereocenters. The predicted octanol–water partition coefficient (Wildman–Crippen LogP) is 1.29. The van der Waals surface area contributed by atoms with E-state index in [-0.39, 0.29) is 12.8 Å². The largest absolute Gasteiger partial charge is 0.550 e. The van der Waals surface area contributed by atoms with Crippen LogP contribution in [0, 0.1) is 0 Å². The van der Waals surface area contributed by atoms with Crippen LogP contribution in [0.25, 0.3) is 0 Å². The van der Waals surface area contributed by atoms with Crippen LogP contribution in [-0.4, -0.2) is 25.2 Å². The van der Waals surface area contributed by atoms with E-state index >= 15 is 0 Å². The molecule has 0 aliphatic carbocycles. The first-order chi connectivity index (χ1) is 13.5. The van der Waals surface area contributed by atoms with Crippen molar-refractivity contribution in [1.29, 1.82) is 0 Å². The van der Waals surface area contributed by atoms with Gasteiger partial charge in [0, 0.05) is 24.8 Å². The smallest absolute Gasteiger partial charge is 0.119 e. The Bertz CT molecular complexity index is 671. The van der Waals surface area contributed by atoms with Gasteiger partial charge in [0.25, 0.3) is 0 Å². The number of carboxylic acids is 2. The van der Waals surface area contributed by atoms with E-state index in [1.165, 1.54) is 0 Å². The van der Waals surface area contributed by atoms with E-state index in [1.54, 1.807) is 48.5 Å². The molecule has 0 saturated heterocycles. The van der Waals surface area contributed by atoms with Gasteiger partial charge in [-0.1, -0.05) is 24.3 Å². The van der Waals surface area contributed by atoms with Crippen LogP contribution in [0.15, 0.2) is 48.5 Å². The van der Waals surface area contributed by atoms with E-state index in [0.29, 0.717) is 24.3 Å². The average Bonchev–Trinajstić information content (AvgIpc) is 2.65. The van der Waals surface area contributed by atoms with E-state index in [2.05, 4.69) is 0 Å². The van der Waals surface area contributed by atoms with Crippen molar-refractivity contribution in [2.75, 3.05) is 13.2 Å². The molecule has 0 radical (unpaired) electrons. The maximum Gasteiger partial charge on any atom is 0.119 e. The number of unbranched alkanes of at least 4 members (excludes halogenated alkanes) is 3. The molecule has 0 amide bonds. The molecule has 0 heterocycles. The predicted molar refractivity (Wildman–Crippen MR) is 99.8 cm³/mol. The van der Waals surface area contributed by atoms with Crippen molar-refractivity contribution < 1.29 is 29.3 Å². The molecule has 0 saturated carbocycles. The summed E-state index contributed by atoms with van der Waals surface area (Å²) >= 11 is 0.